The minimum absolute atomic E-state index is 0.188. The van der Waals surface area contributed by atoms with E-state index < -0.39 is 12.0 Å². The van der Waals surface area contributed by atoms with Crippen molar-refractivity contribution < 1.29 is 19.4 Å². The molecule has 0 spiro atoms. The van der Waals surface area contributed by atoms with Gasteiger partial charge in [0.1, 0.15) is 17.9 Å². The van der Waals surface area contributed by atoms with Crippen LogP contribution >= 0.6 is 12.6 Å². The summed E-state index contributed by atoms with van der Waals surface area (Å²) < 4.78 is 5.98. The number of thiol groups is 1. The number of carbonyl (C=O) groups is 2. The van der Waals surface area contributed by atoms with Crippen LogP contribution in [0.1, 0.15) is 13.3 Å². The Morgan fingerprint density at radius 3 is 2.68 bits per heavy atom. The maximum Gasteiger partial charge on any atom is 0.326 e. The third-order valence-corrected chi connectivity index (χ3v) is 5.10. The van der Waals surface area contributed by atoms with Crippen LogP contribution in [0.5, 0.6) is 5.75 Å². The largest absolute Gasteiger partial charge is 0.488 e. The molecule has 132 valence electrons. The van der Waals surface area contributed by atoms with Gasteiger partial charge in [-0.15, -0.1) is 0 Å². The fraction of sp³-hybridized carbons (Fsp3) is 0.368. The molecule has 1 aliphatic rings. The SMILES string of the molecule is CC(CS)C(=O)N1CC(Oc2ccc3ccccc3c2)C[C@H]1C(=O)O. The van der Waals surface area contributed by atoms with Gasteiger partial charge in [0.2, 0.25) is 5.91 Å². The standard InChI is InChI=1S/C19H21NO4S/c1-12(11-25)18(21)20-10-16(9-17(20)19(22)23)24-15-7-6-13-4-2-3-5-14(13)8-15/h2-8,12,16-17,25H,9-11H2,1H3,(H,22,23)/t12?,16?,17-/m0/s1. The summed E-state index contributed by atoms with van der Waals surface area (Å²) in [6, 6.07) is 12.9. The molecule has 2 aromatic carbocycles. The Morgan fingerprint density at radius 2 is 2.00 bits per heavy atom. The molecule has 0 aromatic heterocycles. The van der Waals surface area contributed by atoms with E-state index in [1.807, 2.05) is 42.5 Å². The number of benzene rings is 2. The van der Waals surface area contributed by atoms with E-state index in [1.165, 1.54) is 4.90 Å². The summed E-state index contributed by atoms with van der Waals surface area (Å²) in [7, 11) is 0. The van der Waals surface area contributed by atoms with Gasteiger partial charge in [-0.2, -0.15) is 12.6 Å². The number of hydrogen-bond acceptors (Lipinski definition) is 4. The number of carboxylic acid groups (broad SMARTS) is 1. The summed E-state index contributed by atoms with van der Waals surface area (Å²) in [5, 5.41) is 11.6. The molecule has 1 amide bonds. The topological polar surface area (TPSA) is 66.8 Å². The van der Waals surface area contributed by atoms with Gasteiger partial charge in [-0.05, 0) is 22.9 Å². The second-order valence-electron chi connectivity index (χ2n) is 6.41. The van der Waals surface area contributed by atoms with Gasteiger partial charge in [0.15, 0.2) is 0 Å². The van der Waals surface area contributed by atoms with E-state index in [-0.39, 0.29) is 30.9 Å². The summed E-state index contributed by atoms with van der Waals surface area (Å²) in [4.78, 5) is 25.4. The maximum atomic E-state index is 12.4. The van der Waals surface area contributed by atoms with Gasteiger partial charge in [0, 0.05) is 18.1 Å². The van der Waals surface area contributed by atoms with E-state index in [2.05, 4.69) is 12.6 Å². The van der Waals surface area contributed by atoms with E-state index in [0.717, 1.165) is 10.8 Å². The molecule has 1 N–H and O–H groups in total. The average molecular weight is 359 g/mol. The van der Waals surface area contributed by atoms with E-state index >= 15 is 0 Å². The number of nitrogens with zero attached hydrogens (tertiary/aromatic N) is 1. The zero-order valence-electron chi connectivity index (χ0n) is 14.0. The lowest BCUT2D eigenvalue weighted by Gasteiger charge is -2.24. The Hall–Kier alpha value is -2.21. The van der Waals surface area contributed by atoms with Gasteiger partial charge in [-0.25, -0.2) is 4.79 Å². The summed E-state index contributed by atoms with van der Waals surface area (Å²) in [6.45, 7) is 2.03. The Labute approximate surface area is 152 Å². The van der Waals surface area contributed by atoms with Crippen LogP contribution in [-0.2, 0) is 9.59 Å². The molecule has 6 heteroatoms. The van der Waals surface area contributed by atoms with E-state index in [1.54, 1.807) is 6.92 Å². The second kappa shape index (κ2) is 7.35. The third-order valence-electron chi connectivity index (χ3n) is 4.55. The summed E-state index contributed by atoms with van der Waals surface area (Å²) in [5.74, 6) is -0.428. The molecule has 0 bridgehead atoms. The van der Waals surface area contributed by atoms with Crippen LogP contribution in [-0.4, -0.2) is 46.3 Å². The predicted octanol–water partition coefficient (Wildman–Crippen LogP) is 2.84. The van der Waals surface area contributed by atoms with Crippen molar-refractivity contribution in [3.05, 3.63) is 42.5 Å². The number of amides is 1. The van der Waals surface area contributed by atoms with Crippen molar-refractivity contribution in [1.82, 2.24) is 4.90 Å². The van der Waals surface area contributed by atoms with E-state index in [4.69, 9.17) is 4.74 Å². The number of carboxylic acids is 1. The fourth-order valence-corrected chi connectivity index (χ4v) is 3.31. The molecule has 0 aliphatic carbocycles. The molecular weight excluding hydrogens is 338 g/mol. The zero-order valence-corrected chi connectivity index (χ0v) is 14.9. The number of aliphatic carboxylic acids is 1. The normalized spacial score (nSPS) is 21.3. The van der Waals surface area contributed by atoms with Crippen LogP contribution < -0.4 is 4.74 Å². The van der Waals surface area contributed by atoms with Crippen molar-refractivity contribution in [2.45, 2.75) is 25.5 Å². The van der Waals surface area contributed by atoms with Crippen LogP contribution in [0.2, 0.25) is 0 Å². The third kappa shape index (κ3) is 3.74. The van der Waals surface area contributed by atoms with Crippen LogP contribution in [0.15, 0.2) is 42.5 Å². The highest BCUT2D eigenvalue weighted by molar-refractivity contribution is 7.80. The Morgan fingerprint density at radius 1 is 1.28 bits per heavy atom. The molecule has 0 radical (unpaired) electrons. The number of hydrogen-bond donors (Lipinski definition) is 2. The molecule has 0 saturated carbocycles. The number of rotatable bonds is 5. The lowest BCUT2D eigenvalue weighted by Crippen LogP contribution is -2.43. The minimum atomic E-state index is -0.996. The highest BCUT2D eigenvalue weighted by Crippen LogP contribution is 2.27. The van der Waals surface area contributed by atoms with Gasteiger partial charge in [-0.1, -0.05) is 37.3 Å². The Balaban J connectivity index is 1.76. The van der Waals surface area contributed by atoms with Gasteiger partial charge in [0.25, 0.3) is 0 Å². The molecule has 3 rings (SSSR count). The number of carbonyl (C=O) groups excluding carboxylic acids is 1. The average Bonchev–Trinajstić information content (AvgIpc) is 3.04. The van der Waals surface area contributed by atoms with Crippen molar-refractivity contribution in [3.63, 3.8) is 0 Å². The Kier molecular flexibility index (Phi) is 5.18. The van der Waals surface area contributed by atoms with Gasteiger partial charge in [-0.3, -0.25) is 4.79 Å². The molecule has 1 heterocycles. The minimum Gasteiger partial charge on any atom is -0.488 e. The summed E-state index contributed by atoms with van der Waals surface area (Å²) in [5.41, 5.74) is 0. The molecule has 1 saturated heterocycles. The summed E-state index contributed by atoms with van der Waals surface area (Å²) >= 11 is 4.14. The first-order valence-corrected chi connectivity index (χ1v) is 8.92. The number of ether oxygens (including phenoxy) is 1. The highest BCUT2D eigenvalue weighted by Gasteiger charge is 2.41. The smallest absolute Gasteiger partial charge is 0.326 e. The first-order chi connectivity index (χ1) is 12.0. The molecule has 2 unspecified atom stereocenters. The van der Waals surface area contributed by atoms with Crippen molar-refractivity contribution in [1.29, 1.82) is 0 Å². The molecular formula is C19H21NO4S. The maximum absolute atomic E-state index is 12.4. The van der Waals surface area contributed by atoms with Crippen LogP contribution in [0, 0.1) is 5.92 Å². The second-order valence-corrected chi connectivity index (χ2v) is 6.78. The molecule has 1 fully saturated rings. The van der Waals surface area contributed by atoms with Crippen LogP contribution in [0.3, 0.4) is 0 Å². The van der Waals surface area contributed by atoms with Crippen LogP contribution in [0.4, 0.5) is 0 Å². The zero-order chi connectivity index (χ0) is 18.0. The molecule has 3 atom stereocenters. The van der Waals surface area contributed by atoms with Crippen molar-refractivity contribution in [2.24, 2.45) is 5.92 Å². The van der Waals surface area contributed by atoms with Crippen molar-refractivity contribution in [3.8, 4) is 5.75 Å². The van der Waals surface area contributed by atoms with Crippen molar-refractivity contribution in [2.75, 3.05) is 12.3 Å². The number of likely N-dealkylation sites (tertiary alicyclic amines) is 1. The molecule has 5 nitrogen and oxygen atoms in total. The van der Waals surface area contributed by atoms with Gasteiger partial charge >= 0.3 is 5.97 Å². The molecule has 1 aliphatic heterocycles. The first kappa shape index (κ1) is 17.6. The number of fused-ring (bicyclic) bond motifs is 1. The van der Waals surface area contributed by atoms with E-state index in [0.29, 0.717) is 11.5 Å². The fourth-order valence-electron chi connectivity index (χ4n) is 3.15. The van der Waals surface area contributed by atoms with Crippen LogP contribution in [0.25, 0.3) is 10.8 Å². The first-order valence-electron chi connectivity index (χ1n) is 8.29. The lowest BCUT2D eigenvalue weighted by molar-refractivity contribution is -0.149. The highest BCUT2D eigenvalue weighted by atomic mass is 32.1. The molecule has 2 aromatic rings. The monoisotopic (exact) mass is 359 g/mol. The quantitative estimate of drug-likeness (QED) is 0.806. The van der Waals surface area contributed by atoms with E-state index in [9.17, 15) is 14.7 Å². The predicted molar refractivity (Wildman–Crippen MR) is 99.1 cm³/mol. The van der Waals surface area contributed by atoms with Gasteiger partial charge in [0.05, 0.1) is 6.54 Å². The summed E-state index contributed by atoms with van der Waals surface area (Å²) in [6.07, 6.45) is -0.0500. The van der Waals surface area contributed by atoms with Gasteiger partial charge < -0.3 is 14.7 Å². The molecule has 25 heavy (non-hydrogen) atoms. The Bertz CT molecular complexity index is 794. The lowest BCUT2D eigenvalue weighted by atomic mass is 10.1. The van der Waals surface area contributed by atoms with Crippen molar-refractivity contribution >= 4 is 35.3 Å².